The highest BCUT2D eigenvalue weighted by Gasteiger charge is 2.15. The van der Waals surface area contributed by atoms with Gasteiger partial charge in [-0.2, -0.15) is 0 Å². The van der Waals surface area contributed by atoms with Gasteiger partial charge in [0.2, 0.25) is 0 Å². The van der Waals surface area contributed by atoms with Gasteiger partial charge in [0.05, 0.1) is 0 Å². The summed E-state index contributed by atoms with van der Waals surface area (Å²) in [5, 5.41) is 4.92. The molecule has 29 heavy (non-hydrogen) atoms. The molecule has 144 valence electrons. The normalized spacial score (nSPS) is 12.0. The molecule has 0 spiro atoms. The molecule has 0 aliphatic heterocycles. The Kier molecular flexibility index (Phi) is 5.45. The number of rotatable bonds is 4. The van der Waals surface area contributed by atoms with E-state index in [1.54, 1.807) is 30.3 Å². The van der Waals surface area contributed by atoms with Crippen molar-refractivity contribution in [2.45, 2.75) is 13.1 Å². The van der Waals surface area contributed by atoms with Crippen LogP contribution in [0.5, 0.6) is 0 Å². The third-order valence-electron chi connectivity index (χ3n) is 5.00. The number of hydrogen-bond donors (Lipinski definition) is 1. The quantitative estimate of drug-likeness (QED) is 0.351. The Morgan fingerprint density at radius 1 is 0.897 bits per heavy atom. The molecule has 0 saturated carbocycles. The van der Waals surface area contributed by atoms with Crippen LogP contribution >= 0.6 is 15.9 Å². The summed E-state index contributed by atoms with van der Waals surface area (Å²) in [7, 11) is 0. The molecule has 4 rings (SSSR count). The molecule has 4 aromatic carbocycles. The van der Waals surface area contributed by atoms with Crippen LogP contribution in [0.15, 0.2) is 89.4 Å². The topological polar surface area (TPSA) is 29.1 Å². The number of carbonyl (C=O) groups is 1. The molecule has 0 bridgehead atoms. The number of halogens is 2. The van der Waals surface area contributed by atoms with Gasteiger partial charge >= 0.3 is 0 Å². The molecule has 0 saturated heterocycles. The predicted octanol–water partition coefficient (Wildman–Crippen LogP) is 7.22. The standard InChI is InChI=1S/C25H19BrFNO/c1-16-5-2-3-8-23(16)28-25(29)18-11-9-17(10-12-18)24(27)20-13-14-21-19(15-20)6-4-7-22(21)26/h2-15,24H,1H3,(H,28,29). The van der Waals surface area contributed by atoms with Crippen LogP contribution < -0.4 is 5.32 Å². The highest BCUT2D eigenvalue weighted by molar-refractivity contribution is 9.10. The molecule has 1 atom stereocenters. The lowest BCUT2D eigenvalue weighted by molar-refractivity contribution is 0.102. The maximum atomic E-state index is 15.1. The number of anilines is 1. The number of aryl methyl sites for hydroxylation is 1. The maximum Gasteiger partial charge on any atom is 0.255 e. The van der Waals surface area contributed by atoms with Gasteiger partial charge in [0.1, 0.15) is 0 Å². The Morgan fingerprint density at radius 2 is 1.62 bits per heavy atom. The van der Waals surface area contributed by atoms with Crippen LogP contribution in [0.1, 0.15) is 33.2 Å². The zero-order valence-electron chi connectivity index (χ0n) is 15.8. The highest BCUT2D eigenvalue weighted by Crippen LogP contribution is 2.31. The van der Waals surface area contributed by atoms with Crippen molar-refractivity contribution in [1.82, 2.24) is 0 Å². The van der Waals surface area contributed by atoms with Crippen molar-refractivity contribution in [1.29, 1.82) is 0 Å². The minimum Gasteiger partial charge on any atom is -0.322 e. The number of alkyl halides is 1. The van der Waals surface area contributed by atoms with E-state index in [4.69, 9.17) is 0 Å². The first-order chi connectivity index (χ1) is 14.0. The van der Waals surface area contributed by atoms with Gasteiger partial charge in [-0.05, 0) is 64.7 Å². The molecule has 1 amide bonds. The summed E-state index contributed by atoms with van der Waals surface area (Å²) in [6, 6.07) is 25.7. The largest absolute Gasteiger partial charge is 0.322 e. The Morgan fingerprint density at radius 3 is 2.38 bits per heavy atom. The number of fused-ring (bicyclic) bond motifs is 1. The van der Waals surface area contributed by atoms with E-state index in [0.29, 0.717) is 16.7 Å². The van der Waals surface area contributed by atoms with Gasteiger partial charge < -0.3 is 5.32 Å². The molecule has 1 N–H and O–H groups in total. The summed E-state index contributed by atoms with van der Waals surface area (Å²) in [6.45, 7) is 1.94. The second-order valence-electron chi connectivity index (χ2n) is 6.97. The minimum atomic E-state index is -1.26. The second kappa shape index (κ2) is 8.18. The molecule has 4 aromatic rings. The van der Waals surface area contributed by atoms with Crippen LogP contribution in [-0.4, -0.2) is 5.91 Å². The van der Waals surface area contributed by atoms with Crippen molar-refractivity contribution in [3.8, 4) is 0 Å². The first kappa shape index (κ1) is 19.3. The molecule has 1 unspecified atom stereocenters. The number of carbonyl (C=O) groups excluding carboxylic acids is 1. The molecule has 0 fully saturated rings. The summed E-state index contributed by atoms with van der Waals surface area (Å²) in [6.07, 6.45) is -1.26. The lowest BCUT2D eigenvalue weighted by atomic mass is 9.98. The van der Waals surface area contributed by atoms with Crippen molar-refractivity contribution in [2.24, 2.45) is 0 Å². The van der Waals surface area contributed by atoms with Crippen LogP contribution in [-0.2, 0) is 0 Å². The monoisotopic (exact) mass is 447 g/mol. The number of para-hydroxylation sites is 1. The van der Waals surface area contributed by atoms with Gasteiger partial charge in [0.25, 0.3) is 5.91 Å². The van der Waals surface area contributed by atoms with Crippen molar-refractivity contribution >= 4 is 38.3 Å². The van der Waals surface area contributed by atoms with Crippen molar-refractivity contribution in [2.75, 3.05) is 5.32 Å². The first-order valence-corrected chi connectivity index (χ1v) is 10.1. The summed E-state index contributed by atoms with van der Waals surface area (Å²) >= 11 is 3.52. The fourth-order valence-corrected chi connectivity index (χ4v) is 3.84. The lowest BCUT2D eigenvalue weighted by Gasteiger charge is -2.12. The number of hydrogen-bond acceptors (Lipinski definition) is 1. The molecule has 0 radical (unpaired) electrons. The average Bonchev–Trinajstić information content (AvgIpc) is 2.75. The van der Waals surface area contributed by atoms with E-state index < -0.39 is 6.17 Å². The van der Waals surface area contributed by atoms with Crippen LogP contribution in [0.25, 0.3) is 10.8 Å². The molecule has 0 aliphatic carbocycles. The summed E-state index contributed by atoms with van der Waals surface area (Å²) < 4.78 is 16.1. The Balaban J connectivity index is 1.54. The van der Waals surface area contributed by atoms with Gasteiger partial charge in [0.15, 0.2) is 6.17 Å². The van der Waals surface area contributed by atoms with E-state index in [2.05, 4.69) is 21.2 Å². The van der Waals surface area contributed by atoms with E-state index in [9.17, 15) is 4.79 Å². The number of benzene rings is 4. The molecule has 0 aliphatic rings. The molecule has 0 aromatic heterocycles. The van der Waals surface area contributed by atoms with Crippen molar-refractivity contribution < 1.29 is 9.18 Å². The number of amides is 1. The van der Waals surface area contributed by atoms with E-state index >= 15 is 4.39 Å². The first-order valence-electron chi connectivity index (χ1n) is 9.32. The lowest BCUT2D eigenvalue weighted by Crippen LogP contribution is -2.12. The van der Waals surface area contributed by atoms with Crippen LogP contribution in [0.4, 0.5) is 10.1 Å². The van der Waals surface area contributed by atoms with E-state index in [1.807, 2.05) is 61.5 Å². The van der Waals surface area contributed by atoms with Gasteiger partial charge in [-0.1, -0.05) is 70.5 Å². The predicted molar refractivity (Wildman–Crippen MR) is 120 cm³/mol. The summed E-state index contributed by atoms with van der Waals surface area (Å²) in [5.41, 5.74) is 3.36. The third-order valence-corrected chi connectivity index (χ3v) is 5.69. The second-order valence-corrected chi connectivity index (χ2v) is 7.83. The highest BCUT2D eigenvalue weighted by atomic mass is 79.9. The van der Waals surface area contributed by atoms with E-state index in [0.717, 1.165) is 26.5 Å². The van der Waals surface area contributed by atoms with Gasteiger partial charge in [0, 0.05) is 15.7 Å². The number of nitrogens with one attached hydrogen (secondary N) is 1. The fraction of sp³-hybridized carbons (Fsp3) is 0.0800. The van der Waals surface area contributed by atoms with Gasteiger partial charge in [-0.15, -0.1) is 0 Å². The molecular weight excluding hydrogens is 429 g/mol. The Labute approximate surface area is 177 Å². The minimum absolute atomic E-state index is 0.211. The molecule has 2 nitrogen and oxygen atoms in total. The summed E-state index contributed by atoms with van der Waals surface area (Å²) in [5.74, 6) is -0.211. The van der Waals surface area contributed by atoms with E-state index in [-0.39, 0.29) is 5.91 Å². The zero-order valence-corrected chi connectivity index (χ0v) is 17.4. The zero-order chi connectivity index (χ0) is 20.4. The van der Waals surface area contributed by atoms with Gasteiger partial charge in [-0.25, -0.2) is 4.39 Å². The summed E-state index contributed by atoms with van der Waals surface area (Å²) in [4.78, 5) is 12.5. The Bertz CT molecular complexity index is 1190. The third kappa shape index (κ3) is 4.08. The smallest absolute Gasteiger partial charge is 0.255 e. The van der Waals surface area contributed by atoms with Crippen LogP contribution in [0.3, 0.4) is 0 Å². The van der Waals surface area contributed by atoms with Crippen molar-refractivity contribution in [3.63, 3.8) is 0 Å². The van der Waals surface area contributed by atoms with Crippen molar-refractivity contribution in [3.05, 3.63) is 112 Å². The van der Waals surface area contributed by atoms with Crippen LogP contribution in [0.2, 0.25) is 0 Å². The van der Waals surface area contributed by atoms with Crippen LogP contribution in [0, 0.1) is 6.92 Å². The molecule has 4 heteroatoms. The SMILES string of the molecule is Cc1ccccc1NC(=O)c1ccc(C(F)c2ccc3c(Br)cccc3c2)cc1. The Hall–Kier alpha value is -2.98. The molecular formula is C25H19BrFNO. The van der Waals surface area contributed by atoms with E-state index in [1.165, 1.54) is 0 Å². The van der Waals surface area contributed by atoms with Gasteiger partial charge in [-0.3, -0.25) is 4.79 Å². The molecule has 0 heterocycles. The average molecular weight is 448 g/mol. The maximum absolute atomic E-state index is 15.1. The fourth-order valence-electron chi connectivity index (χ4n) is 3.32.